The van der Waals surface area contributed by atoms with Gasteiger partial charge in [-0.15, -0.1) is 0 Å². The van der Waals surface area contributed by atoms with E-state index in [0.717, 1.165) is 10.9 Å². The summed E-state index contributed by atoms with van der Waals surface area (Å²) in [6.07, 6.45) is 1.09. The highest BCUT2D eigenvalue weighted by Gasteiger charge is 2.24. The Balaban J connectivity index is 1.90. The molecule has 0 aliphatic heterocycles. The fourth-order valence-corrected chi connectivity index (χ4v) is 3.30. The third-order valence-corrected chi connectivity index (χ3v) is 4.77. The molecule has 2 aromatic heterocycles. The van der Waals surface area contributed by atoms with Gasteiger partial charge in [-0.05, 0) is 31.2 Å². The van der Waals surface area contributed by atoms with Crippen LogP contribution in [-0.4, -0.2) is 23.2 Å². The second kappa shape index (κ2) is 6.33. The quantitative estimate of drug-likeness (QED) is 0.673. The molecule has 2 N–H and O–H groups in total. The second-order valence-electron chi connectivity index (χ2n) is 5.30. The minimum atomic E-state index is -4.51. The third-order valence-electron chi connectivity index (χ3n) is 3.37. The van der Waals surface area contributed by atoms with Crippen LogP contribution in [0.25, 0.3) is 5.82 Å². The molecule has 0 amide bonds. The maximum atomic E-state index is 13.7. The molecule has 0 atom stereocenters. The summed E-state index contributed by atoms with van der Waals surface area (Å²) in [5.41, 5.74) is 0.191. The number of aromatic amines is 1. The summed E-state index contributed by atoms with van der Waals surface area (Å²) in [4.78, 5) is 14.6. The third kappa shape index (κ3) is 3.20. The Kier molecular flexibility index (Phi) is 4.32. The van der Waals surface area contributed by atoms with Crippen LogP contribution in [-0.2, 0) is 10.0 Å². The highest BCUT2D eigenvalue weighted by molar-refractivity contribution is 7.92. The van der Waals surface area contributed by atoms with Crippen LogP contribution in [0.15, 0.2) is 46.2 Å². The zero-order valence-electron chi connectivity index (χ0n) is 13.1. The summed E-state index contributed by atoms with van der Waals surface area (Å²) in [5, 5.41) is 2.75. The molecule has 1 aromatic carbocycles. The van der Waals surface area contributed by atoms with Gasteiger partial charge < -0.3 is 0 Å². The lowest BCUT2D eigenvalue weighted by Crippen LogP contribution is -2.17. The maximum Gasteiger partial charge on any atom is 0.272 e. The Morgan fingerprint density at radius 1 is 1.12 bits per heavy atom. The minimum absolute atomic E-state index is 0.0609. The SMILES string of the molecule is Cc1cc(=O)n(-c2ccc(NS(=O)(=O)c3ccc(F)c(F)c3F)cn2)[nH]1. The predicted molar refractivity (Wildman–Crippen MR) is 86.0 cm³/mol. The number of anilines is 1. The zero-order chi connectivity index (χ0) is 19.1. The van der Waals surface area contributed by atoms with Gasteiger partial charge in [0.15, 0.2) is 23.3 Å². The number of rotatable bonds is 4. The van der Waals surface area contributed by atoms with Crippen LogP contribution in [0.5, 0.6) is 0 Å². The molecule has 0 saturated heterocycles. The zero-order valence-corrected chi connectivity index (χ0v) is 13.9. The first-order chi connectivity index (χ1) is 12.2. The summed E-state index contributed by atoms with van der Waals surface area (Å²) < 4.78 is 67.4. The molecule has 7 nitrogen and oxygen atoms in total. The number of nitrogens with zero attached hydrogens (tertiary/aromatic N) is 2. The molecule has 0 unspecified atom stereocenters. The number of benzene rings is 1. The maximum absolute atomic E-state index is 13.7. The topological polar surface area (TPSA) is 96.8 Å². The van der Waals surface area contributed by atoms with Crippen molar-refractivity contribution < 1.29 is 21.6 Å². The van der Waals surface area contributed by atoms with Gasteiger partial charge in [0.05, 0.1) is 11.9 Å². The average Bonchev–Trinajstić information content (AvgIpc) is 2.91. The Morgan fingerprint density at radius 2 is 1.85 bits per heavy atom. The first-order valence-corrected chi connectivity index (χ1v) is 8.59. The van der Waals surface area contributed by atoms with Crippen LogP contribution >= 0.6 is 0 Å². The number of halogens is 3. The smallest absolute Gasteiger partial charge is 0.272 e. The molecule has 2 heterocycles. The van der Waals surface area contributed by atoms with Gasteiger partial charge in [-0.25, -0.2) is 31.3 Å². The molecule has 26 heavy (non-hydrogen) atoms. The lowest BCUT2D eigenvalue weighted by Gasteiger charge is -2.10. The number of pyridine rings is 1. The first-order valence-electron chi connectivity index (χ1n) is 7.10. The van der Waals surface area contributed by atoms with Gasteiger partial charge in [-0.1, -0.05) is 0 Å². The number of aryl methyl sites for hydroxylation is 1. The van der Waals surface area contributed by atoms with Crippen LogP contribution in [0.3, 0.4) is 0 Å². The fraction of sp³-hybridized carbons (Fsp3) is 0.0667. The fourth-order valence-electron chi connectivity index (χ4n) is 2.19. The molecule has 0 saturated carbocycles. The van der Waals surface area contributed by atoms with E-state index < -0.39 is 32.4 Å². The largest absolute Gasteiger partial charge is 0.294 e. The van der Waals surface area contributed by atoms with Crippen molar-refractivity contribution in [2.75, 3.05) is 4.72 Å². The molecule has 0 aliphatic carbocycles. The summed E-state index contributed by atoms with van der Waals surface area (Å²) in [7, 11) is -4.51. The van der Waals surface area contributed by atoms with Crippen molar-refractivity contribution in [3.05, 3.63) is 70.0 Å². The van der Waals surface area contributed by atoms with Gasteiger partial charge in [0, 0.05) is 11.8 Å². The number of hydrogen-bond donors (Lipinski definition) is 2. The second-order valence-corrected chi connectivity index (χ2v) is 6.95. The highest BCUT2D eigenvalue weighted by Crippen LogP contribution is 2.22. The normalized spacial score (nSPS) is 11.5. The summed E-state index contributed by atoms with van der Waals surface area (Å²) in [6.45, 7) is 1.68. The van der Waals surface area contributed by atoms with Crippen molar-refractivity contribution in [1.29, 1.82) is 0 Å². The number of sulfonamides is 1. The Hall–Kier alpha value is -3.08. The van der Waals surface area contributed by atoms with Crippen molar-refractivity contribution in [2.45, 2.75) is 11.8 Å². The average molecular weight is 384 g/mol. The van der Waals surface area contributed by atoms with Crippen LogP contribution in [0.4, 0.5) is 18.9 Å². The van der Waals surface area contributed by atoms with E-state index in [-0.39, 0.29) is 17.1 Å². The van der Waals surface area contributed by atoms with Gasteiger partial charge in [-0.2, -0.15) is 0 Å². The van der Waals surface area contributed by atoms with E-state index in [0.29, 0.717) is 17.8 Å². The van der Waals surface area contributed by atoms with Crippen molar-refractivity contribution in [2.24, 2.45) is 0 Å². The predicted octanol–water partition coefficient (Wildman–Crippen LogP) is 2.09. The van der Waals surface area contributed by atoms with E-state index in [1.807, 2.05) is 4.72 Å². The summed E-state index contributed by atoms with van der Waals surface area (Å²) in [6, 6.07) is 5.09. The van der Waals surface area contributed by atoms with Crippen LogP contribution in [0.2, 0.25) is 0 Å². The van der Waals surface area contributed by atoms with E-state index in [1.54, 1.807) is 6.92 Å². The molecule has 0 radical (unpaired) electrons. The van der Waals surface area contributed by atoms with Gasteiger partial charge in [-0.3, -0.25) is 14.6 Å². The van der Waals surface area contributed by atoms with E-state index in [2.05, 4.69) is 10.1 Å². The van der Waals surface area contributed by atoms with Crippen molar-refractivity contribution in [1.82, 2.24) is 14.8 Å². The van der Waals surface area contributed by atoms with Crippen molar-refractivity contribution >= 4 is 15.7 Å². The van der Waals surface area contributed by atoms with Gasteiger partial charge >= 0.3 is 0 Å². The molecule has 136 valence electrons. The van der Waals surface area contributed by atoms with Crippen molar-refractivity contribution in [3.8, 4) is 5.82 Å². The number of aromatic nitrogens is 3. The van der Waals surface area contributed by atoms with Crippen LogP contribution in [0.1, 0.15) is 5.69 Å². The van der Waals surface area contributed by atoms with E-state index in [4.69, 9.17) is 0 Å². The molecule has 0 fully saturated rings. The lowest BCUT2D eigenvalue weighted by molar-refractivity contribution is 0.432. The van der Waals surface area contributed by atoms with Crippen molar-refractivity contribution in [3.63, 3.8) is 0 Å². The molecule has 0 spiro atoms. The summed E-state index contributed by atoms with van der Waals surface area (Å²) >= 11 is 0. The number of H-pyrrole nitrogens is 1. The standard InChI is InChI=1S/C15H11F3N4O3S/c1-8-6-13(23)22(20-8)12-5-2-9(7-19-12)21-26(24,25)11-4-3-10(16)14(17)15(11)18/h2-7,20-21H,1H3. The van der Waals surface area contributed by atoms with Gasteiger partial charge in [0.2, 0.25) is 0 Å². The molecule has 0 bridgehead atoms. The number of hydrogen-bond acceptors (Lipinski definition) is 4. The molecule has 3 rings (SSSR count). The molecule has 3 aromatic rings. The highest BCUT2D eigenvalue weighted by atomic mass is 32.2. The monoisotopic (exact) mass is 384 g/mol. The molecular weight excluding hydrogens is 373 g/mol. The number of nitrogens with one attached hydrogen (secondary N) is 2. The van der Waals surface area contributed by atoms with Gasteiger partial charge in [0.1, 0.15) is 4.90 Å². The molecular formula is C15H11F3N4O3S. The Morgan fingerprint density at radius 3 is 2.42 bits per heavy atom. The van der Waals surface area contributed by atoms with E-state index >= 15 is 0 Å². The first kappa shape index (κ1) is 17.7. The summed E-state index contributed by atoms with van der Waals surface area (Å²) in [5.74, 6) is -5.01. The van der Waals surface area contributed by atoms with Crippen LogP contribution < -0.4 is 10.3 Å². The lowest BCUT2D eigenvalue weighted by atomic mass is 10.3. The molecule has 0 aliphatic rings. The van der Waals surface area contributed by atoms with E-state index in [9.17, 15) is 26.4 Å². The Labute approximate surface area is 145 Å². The molecule has 11 heteroatoms. The van der Waals surface area contributed by atoms with E-state index in [1.165, 1.54) is 18.2 Å². The van der Waals surface area contributed by atoms with Crippen LogP contribution in [0, 0.1) is 24.4 Å². The van der Waals surface area contributed by atoms with Gasteiger partial charge in [0.25, 0.3) is 15.6 Å². The minimum Gasteiger partial charge on any atom is -0.294 e. The Bertz CT molecular complexity index is 1140.